The molecule has 28 heavy (non-hydrogen) atoms. The Labute approximate surface area is 165 Å². The van der Waals surface area contributed by atoms with Crippen LogP contribution in [0.25, 0.3) is 15.3 Å². The minimum absolute atomic E-state index is 0.0180. The van der Waals surface area contributed by atoms with Gasteiger partial charge in [-0.25, -0.2) is 4.98 Å². The smallest absolute Gasteiger partial charge is 0.226 e. The van der Waals surface area contributed by atoms with Crippen LogP contribution < -0.4 is 10.1 Å². The van der Waals surface area contributed by atoms with E-state index in [1.165, 1.54) is 0 Å². The number of ether oxygens (including phenoxy) is 1. The number of methoxy groups -OCH3 is 1. The van der Waals surface area contributed by atoms with Crippen molar-refractivity contribution in [3.05, 3.63) is 65.4 Å². The summed E-state index contributed by atoms with van der Waals surface area (Å²) in [4.78, 5) is 17.2. The van der Waals surface area contributed by atoms with Crippen LogP contribution in [-0.4, -0.2) is 27.8 Å². The molecule has 1 aliphatic heterocycles. The second kappa shape index (κ2) is 6.45. The third-order valence-corrected chi connectivity index (χ3v) is 6.10. The molecule has 0 spiro atoms. The van der Waals surface area contributed by atoms with Crippen LogP contribution in [0.15, 0.2) is 48.5 Å². The minimum atomic E-state index is -0.0437. The Morgan fingerprint density at radius 2 is 1.96 bits per heavy atom. The van der Waals surface area contributed by atoms with Crippen molar-refractivity contribution in [1.29, 1.82) is 0 Å². The fourth-order valence-electron chi connectivity index (χ4n) is 3.76. The second-order valence-corrected chi connectivity index (χ2v) is 7.81. The predicted molar refractivity (Wildman–Crippen MR) is 110 cm³/mol. The van der Waals surface area contributed by atoms with Crippen molar-refractivity contribution in [2.45, 2.75) is 19.3 Å². The number of nitrogens with one attached hydrogen (secondary N) is 1. The molecule has 2 aromatic carbocycles. The lowest BCUT2D eigenvalue weighted by Gasteiger charge is -2.24. The van der Waals surface area contributed by atoms with Gasteiger partial charge in [-0.3, -0.25) is 4.79 Å². The minimum Gasteiger partial charge on any atom is -0.497 e. The molecule has 7 heteroatoms. The number of anilines is 1. The molecular weight excluding hydrogens is 372 g/mol. The van der Waals surface area contributed by atoms with Crippen LogP contribution in [-0.2, 0) is 4.79 Å². The number of aromatic nitrogens is 3. The number of carbonyl (C=O) groups is 1. The first-order valence-electron chi connectivity index (χ1n) is 9.03. The van der Waals surface area contributed by atoms with Crippen molar-refractivity contribution >= 4 is 33.3 Å². The molecule has 1 aliphatic rings. The van der Waals surface area contributed by atoms with Crippen LogP contribution in [0, 0.1) is 6.92 Å². The van der Waals surface area contributed by atoms with Crippen LogP contribution in [0.1, 0.15) is 29.2 Å². The van der Waals surface area contributed by atoms with E-state index in [2.05, 4.69) is 5.32 Å². The molecule has 0 bridgehead atoms. The number of thiazole rings is 1. The SMILES string of the molecule is COc1ccc(C2CC(=O)Nc3c2c(C)nn3-c2nc3ccccc3s2)cc1. The first-order valence-corrected chi connectivity index (χ1v) is 9.85. The van der Waals surface area contributed by atoms with Crippen LogP contribution in [0.2, 0.25) is 0 Å². The number of rotatable bonds is 3. The highest BCUT2D eigenvalue weighted by atomic mass is 32.1. The Bertz CT molecular complexity index is 1160. The van der Waals surface area contributed by atoms with Gasteiger partial charge in [0, 0.05) is 17.9 Å². The van der Waals surface area contributed by atoms with Crippen LogP contribution in [0.3, 0.4) is 0 Å². The molecule has 1 N–H and O–H groups in total. The topological polar surface area (TPSA) is 69.0 Å². The molecule has 140 valence electrons. The Kier molecular flexibility index (Phi) is 3.91. The summed E-state index contributed by atoms with van der Waals surface area (Å²) in [7, 11) is 1.65. The van der Waals surface area contributed by atoms with Crippen LogP contribution >= 0.6 is 11.3 Å². The van der Waals surface area contributed by atoms with Crippen molar-refractivity contribution in [2.75, 3.05) is 12.4 Å². The van der Waals surface area contributed by atoms with E-state index in [1.54, 1.807) is 23.1 Å². The molecular formula is C21H18N4O2S. The van der Waals surface area contributed by atoms with Gasteiger partial charge in [-0.1, -0.05) is 35.6 Å². The van der Waals surface area contributed by atoms with Crippen LogP contribution in [0.4, 0.5) is 5.82 Å². The largest absolute Gasteiger partial charge is 0.497 e. The first kappa shape index (κ1) is 16.9. The molecule has 3 heterocycles. The summed E-state index contributed by atoms with van der Waals surface area (Å²) in [6, 6.07) is 15.9. The van der Waals surface area contributed by atoms with Gasteiger partial charge >= 0.3 is 0 Å². The zero-order chi connectivity index (χ0) is 19.3. The molecule has 1 atom stereocenters. The standard InChI is InChI=1S/C21H18N4O2S/c1-12-19-15(13-7-9-14(27-2)10-8-13)11-18(26)23-20(19)25(24-12)21-22-16-5-3-4-6-17(16)28-21/h3-10,15H,11H2,1-2H3,(H,23,26). The quantitative estimate of drug-likeness (QED) is 0.567. The number of nitrogens with zero attached hydrogens (tertiary/aromatic N) is 3. The van der Waals surface area contributed by atoms with Gasteiger partial charge in [-0.2, -0.15) is 9.78 Å². The summed E-state index contributed by atoms with van der Waals surface area (Å²) in [6.07, 6.45) is 0.395. The van der Waals surface area contributed by atoms with E-state index in [1.807, 2.05) is 55.5 Å². The number of hydrogen-bond acceptors (Lipinski definition) is 5. The predicted octanol–water partition coefficient (Wildman–Crippen LogP) is 4.27. The van der Waals surface area contributed by atoms with E-state index in [-0.39, 0.29) is 11.8 Å². The summed E-state index contributed by atoms with van der Waals surface area (Å²) in [5.74, 6) is 1.45. The van der Waals surface area contributed by atoms with Gasteiger partial charge in [-0.05, 0) is 36.8 Å². The summed E-state index contributed by atoms with van der Waals surface area (Å²) < 4.78 is 8.12. The first-order chi connectivity index (χ1) is 13.6. The Morgan fingerprint density at radius 1 is 1.18 bits per heavy atom. The molecule has 0 aliphatic carbocycles. The number of fused-ring (bicyclic) bond motifs is 2. The molecule has 0 saturated heterocycles. The molecule has 0 radical (unpaired) electrons. The fourth-order valence-corrected chi connectivity index (χ4v) is 4.68. The highest BCUT2D eigenvalue weighted by molar-refractivity contribution is 7.20. The van der Waals surface area contributed by atoms with Crippen LogP contribution in [0.5, 0.6) is 5.75 Å². The molecule has 4 aromatic rings. The third kappa shape index (κ3) is 2.66. The molecule has 5 rings (SSSR count). The fraction of sp³-hybridized carbons (Fsp3) is 0.190. The van der Waals surface area contributed by atoms with Crippen molar-refractivity contribution in [2.24, 2.45) is 0 Å². The number of benzene rings is 2. The van der Waals surface area contributed by atoms with Crippen molar-refractivity contribution in [3.63, 3.8) is 0 Å². The number of hydrogen-bond donors (Lipinski definition) is 1. The van der Waals surface area contributed by atoms with Gasteiger partial charge in [0.25, 0.3) is 0 Å². The maximum absolute atomic E-state index is 12.5. The third-order valence-electron chi connectivity index (χ3n) is 5.08. The zero-order valence-corrected chi connectivity index (χ0v) is 16.3. The highest BCUT2D eigenvalue weighted by Gasteiger charge is 2.33. The Hall–Kier alpha value is -3.19. The van der Waals surface area contributed by atoms with Gasteiger partial charge in [0.05, 0.1) is 23.0 Å². The van der Waals surface area contributed by atoms with Gasteiger partial charge in [0.1, 0.15) is 11.6 Å². The van der Waals surface area contributed by atoms with E-state index in [4.69, 9.17) is 14.8 Å². The number of aryl methyl sites for hydroxylation is 1. The summed E-state index contributed by atoms with van der Waals surface area (Å²) >= 11 is 1.56. The van der Waals surface area contributed by atoms with Crippen molar-refractivity contribution in [1.82, 2.24) is 14.8 Å². The monoisotopic (exact) mass is 390 g/mol. The van der Waals surface area contributed by atoms with E-state index >= 15 is 0 Å². The normalized spacial score (nSPS) is 16.1. The summed E-state index contributed by atoms with van der Waals surface area (Å²) in [6.45, 7) is 1.98. The summed E-state index contributed by atoms with van der Waals surface area (Å²) in [5.41, 5.74) is 3.95. The number of para-hydroxylation sites is 1. The number of amides is 1. The highest BCUT2D eigenvalue weighted by Crippen LogP contribution is 2.41. The lowest BCUT2D eigenvalue weighted by molar-refractivity contribution is -0.116. The lowest BCUT2D eigenvalue weighted by Crippen LogP contribution is -2.24. The Morgan fingerprint density at radius 3 is 2.71 bits per heavy atom. The molecule has 6 nitrogen and oxygen atoms in total. The molecule has 2 aromatic heterocycles. The van der Waals surface area contributed by atoms with E-state index in [0.717, 1.165) is 37.9 Å². The summed E-state index contributed by atoms with van der Waals surface area (Å²) in [5, 5.41) is 8.50. The maximum atomic E-state index is 12.5. The Balaban J connectivity index is 1.64. The van der Waals surface area contributed by atoms with Gasteiger partial charge < -0.3 is 10.1 Å². The molecule has 1 amide bonds. The molecule has 1 unspecified atom stereocenters. The van der Waals surface area contributed by atoms with E-state index in [0.29, 0.717) is 12.2 Å². The molecule has 0 fully saturated rings. The van der Waals surface area contributed by atoms with Gasteiger partial charge in [0.2, 0.25) is 11.0 Å². The van der Waals surface area contributed by atoms with Crippen molar-refractivity contribution < 1.29 is 9.53 Å². The lowest BCUT2D eigenvalue weighted by atomic mass is 9.86. The molecule has 0 saturated carbocycles. The zero-order valence-electron chi connectivity index (χ0n) is 15.5. The second-order valence-electron chi connectivity index (χ2n) is 6.80. The van der Waals surface area contributed by atoms with E-state index < -0.39 is 0 Å². The number of carbonyl (C=O) groups excluding carboxylic acids is 1. The average molecular weight is 390 g/mol. The van der Waals surface area contributed by atoms with Crippen molar-refractivity contribution in [3.8, 4) is 10.9 Å². The van der Waals surface area contributed by atoms with Gasteiger partial charge in [-0.15, -0.1) is 0 Å². The van der Waals surface area contributed by atoms with E-state index in [9.17, 15) is 4.79 Å². The van der Waals surface area contributed by atoms with Gasteiger partial charge in [0.15, 0.2) is 0 Å². The maximum Gasteiger partial charge on any atom is 0.226 e. The average Bonchev–Trinajstić information content (AvgIpc) is 3.28.